The average Bonchev–Trinajstić information content (AvgIpc) is 2.85. The number of carbonyl (C=O) groups is 1. The van der Waals surface area contributed by atoms with Crippen LogP contribution in [0.2, 0.25) is 5.15 Å². The van der Waals surface area contributed by atoms with Crippen molar-refractivity contribution in [1.29, 1.82) is 0 Å². The third-order valence-corrected chi connectivity index (χ3v) is 3.05. The van der Waals surface area contributed by atoms with Crippen molar-refractivity contribution in [3.63, 3.8) is 0 Å². The number of halogens is 3. The zero-order chi connectivity index (χ0) is 15.0. The van der Waals surface area contributed by atoms with E-state index in [2.05, 4.69) is 15.4 Å². The summed E-state index contributed by atoms with van der Waals surface area (Å²) in [6, 6.07) is 3.93. The van der Waals surface area contributed by atoms with Crippen LogP contribution in [0.15, 0.2) is 36.8 Å². The van der Waals surface area contributed by atoms with Crippen LogP contribution >= 0.6 is 24.0 Å². The van der Waals surface area contributed by atoms with E-state index in [4.69, 9.17) is 17.3 Å². The van der Waals surface area contributed by atoms with E-state index >= 15 is 0 Å². The minimum absolute atomic E-state index is 0. The molecule has 0 fully saturated rings. The first-order valence-electron chi connectivity index (χ1n) is 5.90. The van der Waals surface area contributed by atoms with Crippen molar-refractivity contribution < 1.29 is 9.18 Å². The molecule has 0 saturated carbocycles. The molecule has 1 amide bonds. The number of hydrogen-bond acceptors (Lipinski definition) is 4. The van der Waals surface area contributed by atoms with E-state index in [1.54, 1.807) is 0 Å². The molecule has 9 heteroatoms. The predicted molar refractivity (Wildman–Crippen MR) is 84.0 cm³/mol. The summed E-state index contributed by atoms with van der Waals surface area (Å²) in [6.45, 7) is 0. The minimum Gasteiger partial charge on any atom is -0.399 e. The van der Waals surface area contributed by atoms with Crippen molar-refractivity contribution in [2.45, 2.75) is 0 Å². The summed E-state index contributed by atoms with van der Waals surface area (Å²) in [5.41, 5.74) is 6.63. The molecular weight excluding hydrogens is 332 g/mol. The molecule has 1 aromatic carbocycles. The Kier molecular flexibility index (Phi) is 4.48. The number of nitrogens with two attached hydrogens (primary N) is 1. The molecule has 22 heavy (non-hydrogen) atoms. The number of carbonyl (C=O) groups excluding carboxylic acids is 1. The van der Waals surface area contributed by atoms with Crippen LogP contribution < -0.4 is 11.1 Å². The molecule has 0 radical (unpaired) electrons. The summed E-state index contributed by atoms with van der Waals surface area (Å²) in [6.07, 6.45) is 4.24. The first kappa shape index (κ1) is 16.0. The summed E-state index contributed by atoms with van der Waals surface area (Å²) in [4.78, 5) is 16.1. The van der Waals surface area contributed by atoms with Gasteiger partial charge in [0.1, 0.15) is 11.0 Å². The van der Waals surface area contributed by atoms with E-state index in [0.717, 1.165) is 0 Å². The standard InChI is InChI=1S/C13H9ClFN5O.ClH/c14-12-6-20-11(5-17-12)8(4-18-20)13(21)19-10-3-7(16)1-2-9(10)15;/h1-6H,16H2,(H,19,21);1H. The smallest absolute Gasteiger partial charge is 0.259 e. The Morgan fingerprint density at radius 1 is 1.36 bits per heavy atom. The molecule has 0 aliphatic rings. The lowest BCUT2D eigenvalue weighted by molar-refractivity contribution is 0.102. The fraction of sp³-hybridized carbons (Fsp3) is 0. The van der Waals surface area contributed by atoms with Crippen LogP contribution in [0.4, 0.5) is 15.8 Å². The highest BCUT2D eigenvalue weighted by molar-refractivity contribution is 6.29. The number of anilines is 2. The van der Waals surface area contributed by atoms with Gasteiger partial charge in [-0.25, -0.2) is 13.9 Å². The van der Waals surface area contributed by atoms with Crippen LogP contribution in [0.25, 0.3) is 5.52 Å². The summed E-state index contributed by atoms with van der Waals surface area (Å²) < 4.78 is 15.0. The van der Waals surface area contributed by atoms with E-state index in [-0.39, 0.29) is 28.8 Å². The van der Waals surface area contributed by atoms with Crippen LogP contribution in [0.3, 0.4) is 0 Å². The van der Waals surface area contributed by atoms with Crippen molar-refractivity contribution in [3.05, 3.63) is 53.3 Å². The molecule has 0 unspecified atom stereocenters. The van der Waals surface area contributed by atoms with Gasteiger partial charge in [-0.2, -0.15) is 5.10 Å². The molecule has 0 spiro atoms. The molecule has 3 rings (SSSR count). The second-order valence-corrected chi connectivity index (χ2v) is 4.68. The molecule has 0 aliphatic carbocycles. The molecule has 0 saturated heterocycles. The van der Waals surface area contributed by atoms with Crippen LogP contribution in [0.5, 0.6) is 0 Å². The van der Waals surface area contributed by atoms with Crippen molar-refractivity contribution in [1.82, 2.24) is 14.6 Å². The Balaban J connectivity index is 0.00000176. The van der Waals surface area contributed by atoms with Gasteiger partial charge in [-0.15, -0.1) is 12.4 Å². The first-order valence-corrected chi connectivity index (χ1v) is 6.27. The molecular formula is C13H10Cl2FN5O. The normalized spacial score (nSPS) is 10.3. The van der Waals surface area contributed by atoms with Gasteiger partial charge in [0.2, 0.25) is 0 Å². The Morgan fingerprint density at radius 3 is 2.91 bits per heavy atom. The Hall–Kier alpha value is -2.38. The molecule has 3 N–H and O–H groups in total. The lowest BCUT2D eigenvalue weighted by Gasteiger charge is -2.06. The lowest BCUT2D eigenvalue weighted by Crippen LogP contribution is -2.13. The van der Waals surface area contributed by atoms with Gasteiger partial charge in [0.05, 0.1) is 35.4 Å². The molecule has 3 aromatic rings. The average molecular weight is 342 g/mol. The number of rotatable bonds is 2. The zero-order valence-corrected chi connectivity index (χ0v) is 12.5. The molecule has 2 aromatic heterocycles. The van der Waals surface area contributed by atoms with E-state index < -0.39 is 11.7 Å². The second kappa shape index (κ2) is 6.17. The van der Waals surface area contributed by atoms with E-state index in [9.17, 15) is 9.18 Å². The van der Waals surface area contributed by atoms with Gasteiger partial charge in [0.15, 0.2) is 0 Å². The summed E-state index contributed by atoms with van der Waals surface area (Å²) in [5, 5.41) is 6.70. The SMILES string of the molecule is Cl.Nc1ccc(F)c(NC(=O)c2cnn3cc(Cl)ncc23)c1. The number of aromatic nitrogens is 3. The van der Waals surface area contributed by atoms with Gasteiger partial charge < -0.3 is 11.1 Å². The van der Waals surface area contributed by atoms with E-state index in [1.807, 2.05) is 0 Å². The molecule has 114 valence electrons. The van der Waals surface area contributed by atoms with Crippen molar-refractivity contribution >= 4 is 46.8 Å². The zero-order valence-electron chi connectivity index (χ0n) is 11.0. The van der Waals surface area contributed by atoms with Gasteiger partial charge in [-0.1, -0.05) is 11.6 Å². The van der Waals surface area contributed by atoms with Crippen LogP contribution in [0, 0.1) is 5.82 Å². The van der Waals surface area contributed by atoms with Gasteiger partial charge in [0.25, 0.3) is 5.91 Å². The largest absolute Gasteiger partial charge is 0.399 e. The number of benzene rings is 1. The van der Waals surface area contributed by atoms with Crippen LogP contribution in [-0.2, 0) is 0 Å². The fourth-order valence-electron chi connectivity index (χ4n) is 1.86. The third-order valence-electron chi connectivity index (χ3n) is 2.86. The number of nitrogen functional groups attached to an aromatic ring is 1. The maximum atomic E-state index is 13.6. The quantitative estimate of drug-likeness (QED) is 0.702. The number of nitrogens with zero attached hydrogens (tertiary/aromatic N) is 3. The van der Waals surface area contributed by atoms with Gasteiger partial charge in [-0.3, -0.25) is 4.79 Å². The minimum atomic E-state index is -0.574. The van der Waals surface area contributed by atoms with E-state index in [0.29, 0.717) is 11.2 Å². The number of amides is 1. The highest BCUT2D eigenvalue weighted by atomic mass is 35.5. The van der Waals surface area contributed by atoms with Gasteiger partial charge in [0, 0.05) is 5.69 Å². The Morgan fingerprint density at radius 2 is 2.14 bits per heavy atom. The van der Waals surface area contributed by atoms with Crippen LogP contribution in [0.1, 0.15) is 10.4 Å². The molecule has 0 bridgehead atoms. The second-order valence-electron chi connectivity index (χ2n) is 4.29. The topological polar surface area (TPSA) is 85.3 Å². The molecule has 6 nitrogen and oxygen atoms in total. The van der Waals surface area contributed by atoms with Gasteiger partial charge in [-0.05, 0) is 18.2 Å². The van der Waals surface area contributed by atoms with Crippen molar-refractivity contribution in [2.24, 2.45) is 0 Å². The van der Waals surface area contributed by atoms with Crippen molar-refractivity contribution in [2.75, 3.05) is 11.1 Å². The lowest BCUT2D eigenvalue weighted by atomic mass is 10.2. The van der Waals surface area contributed by atoms with Crippen molar-refractivity contribution in [3.8, 4) is 0 Å². The van der Waals surface area contributed by atoms with Gasteiger partial charge >= 0.3 is 0 Å². The Bertz CT molecular complexity index is 852. The first-order chi connectivity index (χ1) is 10.0. The molecule has 2 heterocycles. The summed E-state index contributed by atoms with van der Waals surface area (Å²) in [5.74, 6) is -1.09. The van der Waals surface area contributed by atoms with Crippen LogP contribution in [-0.4, -0.2) is 20.5 Å². The highest BCUT2D eigenvalue weighted by Gasteiger charge is 2.15. The fourth-order valence-corrected chi connectivity index (χ4v) is 2.00. The number of nitrogens with one attached hydrogen (secondary N) is 1. The number of fused-ring (bicyclic) bond motifs is 1. The molecule has 0 aliphatic heterocycles. The third kappa shape index (κ3) is 2.95. The summed E-state index contributed by atoms with van der Waals surface area (Å²) in [7, 11) is 0. The predicted octanol–water partition coefficient (Wildman–Crippen LogP) is 2.78. The monoisotopic (exact) mass is 341 g/mol. The highest BCUT2D eigenvalue weighted by Crippen LogP contribution is 2.19. The Labute approximate surface area is 135 Å². The summed E-state index contributed by atoms with van der Waals surface area (Å²) >= 11 is 5.74. The number of hydrogen-bond donors (Lipinski definition) is 2. The van der Waals surface area contributed by atoms with E-state index in [1.165, 1.54) is 41.3 Å². The maximum absolute atomic E-state index is 13.6. The maximum Gasteiger partial charge on any atom is 0.259 e. The molecule has 0 atom stereocenters.